The fraction of sp³-hybridized carbons (Fsp3) is 0.167. The van der Waals surface area contributed by atoms with Gasteiger partial charge in [0.05, 0.1) is 29.7 Å². The van der Waals surface area contributed by atoms with Gasteiger partial charge in [0.1, 0.15) is 0 Å². The second kappa shape index (κ2) is 9.30. The lowest BCUT2D eigenvalue weighted by Crippen LogP contribution is -2.33. The Bertz CT molecular complexity index is 1650. The lowest BCUT2D eigenvalue weighted by molar-refractivity contribution is 0.101. The highest BCUT2D eigenvalue weighted by Crippen LogP contribution is 2.32. The first-order chi connectivity index (χ1) is 17.7. The molecule has 0 saturated heterocycles. The summed E-state index contributed by atoms with van der Waals surface area (Å²) in [6.45, 7) is 1.28. The van der Waals surface area contributed by atoms with Crippen LogP contribution in [-0.2, 0) is 5.75 Å². The number of fused-ring (bicyclic) bond motifs is 4. The molecule has 1 aliphatic rings. The van der Waals surface area contributed by atoms with Gasteiger partial charge in [0.25, 0.3) is 17.2 Å². The maximum Gasteiger partial charge on any atom is 0.280 e. The number of nitrogens with zero attached hydrogens (tertiary/aromatic N) is 6. The number of aromatic nitrogens is 6. The van der Waals surface area contributed by atoms with Crippen LogP contribution >= 0.6 is 11.8 Å². The number of carbonyl (C=O) groups is 1. The van der Waals surface area contributed by atoms with Crippen molar-refractivity contribution in [1.29, 1.82) is 0 Å². The van der Waals surface area contributed by atoms with Crippen molar-refractivity contribution >= 4 is 34.3 Å². The van der Waals surface area contributed by atoms with Gasteiger partial charge in [-0.25, -0.2) is 9.66 Å². The van der Waals surface area contributed by atoms with Crippen LogP contribution in [0.15, 0.2) is 71.1 Å². The first-order valence-electron chi connectivity index (χ1n) is 11.2. The van der Waals surface area contributed by atoms with Crippen LogP contribution in [0.3, 0.4) is 0 Å². The lowest BCUT2D eigenvalue weighted by atomic mass is 10.2. The van der Waals surface area contributed by atoms with E-state index in [9.17, 15) is 9.59 Å². The van der Waals surface area contributed by atoms with Crippen molar-refractivity contribution in [3.63, 3.8) is 0 Å². The Kier molecular flexibility index (Phi) is 5.70. The molecule has 5 heterocycles. The number of ether oxygens (including phenoxy) is 2. The summed E-state index contributed by atoms with van der Waals surface area (Å²) < 4.78 is 14.1. The Labute approximate surface area is 208 Å². The predicted octanol–water partition coefficient (Wildman–Crippen LogP) is 2.67. The fourth-order valence-electron chi connectivity index (χ4n) is 3.77. The summed E-state index contributed by atoms with van der Waals surface area (Å²) in [4.78, 5) is 38.1. The van der Waals surface area contributed by atoms with Crippen molar-refractivity contribution < 1.29 is 14.3 Å². The van der Waals surface area contributed by atoms with Crippen LogP contribution < -0.4 is 20.5 Å². The molecule has 1 aromatic carbocycles. The van der Waals surface area contributed by atoms with Gasteiger partial charge in [-0.05, 0) is 35.9 Å². The van der Waals surface area contributed by atoms with Gasteiger partial charge in [0.2, 0.25) is 5.16 Å². The van der Waals surface area contributed by atoms with E-state index >= 15 is 0 Å². The summed E-state index contributed by atoms with van der Waals surface area (Å²) in [6, 6.07) is 10.8. The molecular formula is C24H19N7O4S. The Morgan fingerprint density at radius 3 is 2.86 bits per heavy atom. The number of nitrogens with one attached hydrogen (secondary N) is 1. The molecule has 0 atom stereocenters. The highest BCUT2D eigenvalue weighted by atomic mass is 32.2. The van der Waals surface area contributed by atoms with Gasteiger partial charge < -0.3 is 9.47 Å². The molecule has 0 aliphatic carbocycles. The normalized spacial score (nSPS) is 13.0. The molecule has 0 bridgehead atoms. The van der Waals surface area contributed by atoms with Gasteiger partial charge in [0.15, 0.2) is 11.5 Å². The molecule has 1 N–H and O–H groups in total. The number of hydrogen-bond acceptors (Lipinski definition) is 9. The zero-order chi connectivity index (χ0) is 24.5. The first kappa shape index (κ1) is 22.0. The maximum atomic E-state index is 13.0. The van der Waals surface area contributed by atoms with Gasteiger partial charge in [-0.2, -0.15) is 9.50 Å². The molecule has 6 rings (SSSR count). The van der Waals surface area contributed by atoms with E-state index in [0.717, 1.165) is 28.2 Å². The number of amides is 1. The number of rotatable bonds is 5. The molecule has 4 aromatic heterocycles. The third-order valence-corrected chi connectivity index (χ3v) is 6.45. The molecular weight excluding hydrogens is 482 g/mol. The van der Waals surface area contributed by atoms with E-state index < -0.39 is 11.5 Å². The lowest BCUT2D eigenvalue weighted by Gasteiger charge is -2.09. The molecule has 11 nitrogen and oxygen atoms in total. The topological polar surface area (TPSA) is 126 Å². The van der Waals surface area contributed by atoms with Crippen LogP contribution in [0.25, 0.3) is 16.7 Å². The van der Waals surface area contributed by atoms with E-state index in [1.807, 2.05) is 18.2 Å². The van der Waals surface area contributed by atoms with Gasteiger partial charge in [-0.15, -0.1) is 5.10 Å². The summed E-state index contributed by atoms with van der Waals surface area (Å²) >= 11 is 1.45. The largest absolute Gasteiger partial charge is 0.490 e. The minimum atomic E-state index is -0.451. The van der Waals surface area contributed by atoms with Gasteiger partial charge in [0, 0.05) is 37.0 Å². The molecule has 0 spiro atoms. The fourth-order valence-corrected chi connectivity index (χ4v) is 4.53. The van der Waals surface area contributed by atoms with Crippen molar-refractivity contribution in [2.75, 3.05) is 18.6 Å². The molecule has 1 amide bonds. The minimum Gasteiger partial charge on any atom is -0.490 e. The van der Waals surface area contributed by atoms with Crippen LogP contribution in [0.5, 0.6) is 11.5 Å². The summed E-state index contributed by atoms with van der Waals surface area (Å²) in [5.41, 5.74) is 4.05. The molecule has 36 heavy (non-hydrogen) atoms. The van der Waals surface area contributed by atoms with E-state index in [0.29, 0.717) is 46.4 Å². The zero-order valence-electron chi connectivity index (χ0n) is 18.8. The van der Waals surface area contributed by atoms with E-state index in [2.05, 4.69) is 25.5 Å². The minimum absolute atomic E-state index is 0.292. The number of pyridine rings is 2. The molecule has 1 aliphatic heterocycles. The summed E-state index contributed by atoms with van der Waals surface area (Å²) in [7, 11) is 0. The van der Waals surface area contributed by atoms with E-state index in [4.69, 9.17) is 9.47 Å². The van der Waals surface area contributed by atoms with E-state index in [1.54, 1.807) is 24.4 Å². The van der Waals surface area contributed by atoms with Crippen molar-refractivity contribution in [3.8, 4) is 11.5 Å². The van der Waals surface area contributed by atoms with Gasteiger partial charge >= 0.3 is 0 Å². The number of hydrogen-bond donors (Lipinski definition) is 1. The second-order valence-electron chi connectivity index (χ2n) is 7.96. The number of benzene rings is 1. The zero-order valence-corrected chi connectivity index (χ0v) is 19.6. The second-order valence-corrected chi connectivity index (χ2v) is 8.90. The molecule has 0 radical (unpaired) electrons. The molecule has 0 unspecified atom stereocenters. The first-order valence-corrected chi connectivity index (χ1v) is 12.1. The van der Waals surface area contributed by atoms with Crippen molar-refractivity contribution in [1.82, 2.24) is 29.2 Å². The van der Waals surface area contributed by atoms with Crippen LogP contribution in [-0.4, -0.2) is 48.4 Å². The monoisotopic (exact) mass is 501 g/mol. The average Bonchev–Trinajstić information content (AvgIpc) is 3.19. The standard InChI is InChI=1S/C24H19N7O4S/c32-21(16-3-1-7-25-12-16)28-30-8-6-18-17(22(30)33)13-26-23-27-24(29-31(18)23)36-14-15-4-5-19-20(11-15)35-10-2-9-34-19/h1,3-8,11-13H,2,9-10,14H2,(H,28,32). The Hall–Kier alpha value is -4.45. The Morgan fingerprint density at radius 1 is 1.11 bits per heavy atom. The van der Waals surface area contributed by atoms with Crippen LogP contribution in [0.1, 0.15) is 22.3 Å². The SMILES string of the molecule is O=C(Nn1ccc2c(cnc3nc(SCc4ccc5c(c4)OCCCO5)nn32)c1=O)c1cccnc1. The highest BCUT2D eigenvalue weighted by molar-refractivity contribution is 7.98. The maximum absolute atomic E-state index is 13.0. The van der Waals surface area contributed by atoms with Crippen molar-refractivity contribution in [2.24, 2.45) is 0 Å². The highest BCUT2D eigenvalue weighted by Gasteiger charge is 2.15. The molecule has 12 heteroatoms. The van der Waals surface area contributed by atoms with E-state index in [1.165, 1.54) is 34.9 Å². The van der Waals surface area contributed by atoms with Crippen LogP contribution in [0.2, 0.25) is 0 Å². The number of thioether (sulfide) groups is 1. The quantitative estimate of drug-likeness (QED) is 0.362. The van der Waals surface area contributed by atoms with Crippen LogP contribution in [0.4, 0.5) is 0 Å². The summed E-state index contributed by atoms with van der Waals surface area (Å²) in [5.74, 6) is 2.05. The molecule has 5 aromatic rings. The van der Waals surface area contributed by atoms with Crippen molar-refractivity contribution in [2.45, 2.75) is 17.3 Å². The molecule has 0 saturated carbocycles. The predicted molar refractivity (Wildman–Crippen MR) is 132 cm³/mol. The van der Waals surface area contributed by atoms with Crippen LogP contribution in [0, 0.1) is 0 Å². The number of carbonyl (C=O) groups excluding carboxylic acids is 1. The average molecular weight is 502 g/mol. The smallest absolute Gasteiger partial charge is 0.280 e. The van der Waals surface area contributed by atoms with Crippen molar-refractivity contribution in [3.05, 3.63) is 82.7 Å². The van der Waals surface area contributed by atoms with Gasteiger partial charge in [-0.3, -0.25) is 20.0 Å². The summed E-state index contributed by atoms with van der Waals surface area (Å²) in [5, 5.41) is 5.36. The third kappa shape index (κ3) is 4.22. The Balaban J connectivity index is 1.24. The van der Waals surface area contributed by atoms with Gasteiger partial charge in [-0.1, -0.05) is 17.8 Å². The van der Waals surface area contributed by atoms with E-state index in [-0.39, 0.29) is 0 Å². The Morgan fingerprint density at radius 2 is 2.00 bits per heavy atom. The molecule has 0 fully saturated rings. The summed E-state index contributed by atoms with van der Waals surface area (Å²) in [6.07, 6.45) is 6.76. The molecule has 180 valence electrons. The third-order valence-electron chi connectivity index (χ3n) is 5.54.